The topological polar surface area (TPSA) is 58.4 Å². The van der Waals surface area contributed by atoms with Crippen LogP contribution >= 0.6 is 22.9 Å². The molecule has 0 bridgehead atoms. The summed E-state index contributed by atoms with van der Waals surface area (Å²) in [6.45, 7) is 1.80. The van der Waals surface area contributed by atoms with Gasteiger partial charge in [-0.1, -0.05) is 23.7 Å². The van der Waals surface area contributed by atoms with E-state index in [9.17, 15) is 9.18 Å². The summed E-state index contributed by atoms with van der Waals surface area (Å²) in [5.74, 6) is -0.716. The minimum absolute atomic E-state index is 0.0628. The van der Waals surface area contributed by atoms with Gasteiger partial charge in [0.2, 0.25) is 0 Å². The number of nitrogens with two attached hydrogens (primary N) is 1. The van der Waals surface area contributed by atoms with E-state index in [-0.39, 0.29) is 10.9 Å². The molecular weight excluding hydrogens is 313 g/mol. The summed E-state index contributed by atoms with van der Waals surface area (Å²) < 4.78 is 14.2. The van der Waals surface area contributed by atoms with E-state index < -0.39 is 12.1 Å². The van der Waals surface area contributed by atoms with Crippen molar-refractivity contribution < 1.29 is 9.18 Å². The Hall–Kier alpha value is -1.63. The summed E-state index contributed by atoms with van der Waals surface area (Å²) in [7, 11) is 1.79. The second-order valence-electron chi connectivity index (χ2n) is 4.87. The first kappa shape index (κ1) is 14.3. The summed E-state index contributed by atoms with van der Waals surface area (Å²) in [5.41, 5.74) is 7.51. The maximum atomic E-state index is 14.2. The number of carbonyl (C=O) groups excluding carboxylic acids is 1. The van der Waals surface area contributed by atoms with Crippen LogP contribution in [0.1, 0.15) is 15.9 Å². The third-order valence-electron chi connectivity index (χ3n) is 3.57. The van der Waals surface area contributed by atoms with Gasteiger partial charge < -0.3 is 10.2 Å². The number of fused-ring (bicyclic) bond motifs is 1. The lowest BCUT2D eigenvalue weighted by Crippen LogP contribution is -2.56. The lowest BCUT2D eigenvalue weighted by molar-refractivity contribution is 0.0930. The van der Waals surface area contributed by atoms with E-state index in [4.69, 9.17) is 17.3 Å². The number of nitrogens with one attached hydrogen (secondary N) is 1. The molecule has 1 atom stereocenters. The lowest BCUT2D eigenvalue weighted by atomic mass is 10.0. The fraction of sp³-hybridized carbons (Fsp3) is 0.214. The molecule has 110 valence electrons. The maximum Gasteiger partial charge on any atom is 0.257 e. The third-order valence-corrected chi connectivity index (χ3v) is 5.28. The predicted molar refractivity (Wildman–Crippen MR) is 83.3 cm³/mol. The highest BCUT2D eigenvalue weighted by Gasteiger charge is 2.32. The van der Waals surface area contributed by atoms with Crippen LogP contribution in [0.15, 0.2) is 18.2 Å². The highest BCUT2D eigenvalue weighted by molar-refractivity contribution is 7.20. The van der Waals surface area contributed by atoms with E-state index >= 15 is 0 Å². The number of hydrogen-bond acceptors (Lipinski definition) is 4. The molecule has 0 aliphatic carbocycles. The van der Waals surface area contributed by atoms with Crippen LogP contribution < -0.4 is 16.0 Å². The summed E-state index contributed by atoms with van der Waals surface area (Å²) in [6, 6.07) is 4.84. The minimum Gasteiger partial charge on any atom is -0.333 e. The van der Waals surface area contributed by atoms with Crippen molar-refractivity contribution in [3.8, 4) is 10.4 Å². The average molecular weight is 326 g/mol. The van der Waals surface area contributed by atoms with Gasteiger partial charge in [-0.05, 0) is 18.6 Å². The highest BCUT2D eigenvalue weighted by Crippen LogP contribution is 2.44. The van der Waals surface area contributed by atoms with Gasteiger partial charge >= 0.3 is 0 Å². The van der Waals surface area contributed by atoms with Gasteiger partial charge in [0, 0.05) is 17.5 Å². The van der Waals surface area contributed by atoms with Crippen LogP contribution in [0.4, 0.5) is 9.39 Å². The number of rotatable bonds is 1. The van der Waals surface area contributed by atoms with E-state index in [1.807, 2.05) is 0 Å². The van der Waals surface area contributed by atoms with Gasteiger partial charge in [-0.25, -0.2) is 4.39 Å². The van der Waals surface area contributed by atoms with Gasteiger partial charge in [-0.3, -0.25) is 10.5 Å². The number of benzene rings is 1. The van der Waals surface area contributed by atoms with Crippen LogP contribution in [0.5, 0.6) is 0 Å². The highest BCUT2D eigenvalue weighted by atomic mass is 35.5. The zero-order valence-electron chi connectivity index (χ0n) is 11.4. The number of carbonyl (C=O) groups is 1. The van der Waals surface area contributed by atoms with Gasteiger partial charge in [0.25, 0.3) is 5.91 Å². The van der Waals surface area contributed by atoms with Crippen molar-refractivity contribution in [1.82, 2.24) is 5.32 Å². The molecule has 2 aromatic rings. The van der Waals surface area contributed by atoms with Gasteiger partial charge in [-0.15, -0.1) is 11.3 Å². The smallest absolute Gasteiger partial charge is 0.257 e. The standard InChI is InChI=1S/C14H13ClFN3OS/c1-6-9-12(20)18-14(17)19(2)13(9)21-11(6)7-4-3-5-8(15)10(7)16/h3-5,14H,17H2,1-2H3,(H,18,20). The monoisotopic (exact) mass is 325 g/mol. The second kappa shape index (κ2) is 4.98. The molecule has 1 aromatic carbocycles. The van der Waals surface area contributed by atoms with E-state index in [0.717, 1.165) is 10.6 Å². The number of hydrogen-bond donors (Lipinski definition) is 2. The predicted octanol–water partition coefficient (Wildman–Crippen LogP) is 2.94. The number of halogens is 2. The normalized spacial score (nSPS) is 17.7. The quantitative estimate of drug-likeness (QED) is 0.847. The van der Waals surface area contributed by atoms with E-state index in [1.54, 1.807) is 31.0 Å². The number of amides is 1. The molecule has 3 rings (SSSR count). The first-order chi connectivity index (χ1) is 9.91. The molecule has 0 spiro atoms. The molecule has 1 aliphatic heterocycles. The van der Waals surface area contributed by atoms with Gasteiger partial charge in [-0.2, -0.15) is 0 Å². The molecule has 0 fully saturated rings. The Morgan fingerprint density at radius 2 is 2.19 bits per heavy atom. The lowest BCUT2D eigenvalue weighted by Gasteiger charge is -2.31. The first-order valence-electron chi connectivity index (χ1n) is 6.29. The van der Waals surface area contributed by atoms with E-state index in [0.29, 0.717) is 16.0 Å². The molecule has 1 aliphatic rings. The largest absolute Gasteiger partial charge is 0.333 e. The van der Waals surface area contributed by atoms with Crippen LogP contribution in [0.3, 0.4) is 0 Å². The Morgan fingerprint density at radius 3 is 2.90 bits per heavy atom. The van der Waals surface area contributed by atoms with Crippen LogP contribution in [0, 0.1) is 12.7 Å². The molecular formula is C14H13ClFN3OS. The Labute approximate surface area is 130 Å². The average Bonchev–Trinajstić information content (AvgIpc) is 2.78. The summed E-state index contributed by atoms with van der Waals surface area (Å²) >= 11 is 7.18. The van der Waals surface area contributed by atoms with E-state index in [2.05, 4.69) is 5.32 Å². The van der Waals surface area contributed by atoms with Crippen molar-refractivity contribution in [2.24, 2.45) is 5.73 Å². The molecule has 0 radical (unpaired) electrons. The summed E-state index contributed by atoms with van der Waals surface area (Å²) in [5, 5.41) is 3.47. The van der Waals surface area contributed by atoms with Crippen LogP contribution in [0.2, 0.25) is 5.02 Å². The van der Waals surface area contributed by atoms with Crippen molar-refractivity contribution in [2.75, 3.05) is 11.9 Å². The first-order valence-corrected chi connectivity index (χ1v) is 7.48. The van der Waals surface area contributed by atoms with Crippen LogP contribution in [-0.2, 0) is 0 Å². The molecule has 1 amide bonds. The van der Waals surface area contributed by atoms with Crippen molar-refractivity contribution in [1.29, 1.82) is 0 Å². The maximum absolute atomic E-state index is 14.2. The third kappa shape index (κ3) is 2.10. The zero-order valence-corrected chi connectivity index (χ0v) is 13.0. The van der Waals surface area contributed by atoms with Crippen molar-refractivity contribution in [2.45, 2.75) is 13.2 Å². The fourth-order valence-corrected chi connectivity index (χ4v) is 3.88. The molecule has 21 heavy (non-hydrogen) atoms. The molecule has 0 saturated heterocycles. The van der Waals surface area contributed by atoms with Crippen molar-refractivity contribution in [3.63, 3.8) is 0 Å². The van der Waals surface area contributed by atoms with Crippen LogP contribution in [0.25, 0.3) is 10.4 Å². The molecule has 0 saturated carbocycles. The van der Waals surface area contributed by atoms with E-state index in [1.165, 1.54) is 17.4 Å². The number of nitrogens with zero attached hydrogens (tertiary/aromatic N) is 1. The Kier molecular flexibility index (Phi) is 3.39. The Balaban J connectivity index is 2.23. The zero-order chi connectivity index (χ0) is 15.3. The second-order valence-corrected chi connectivity index (χ2v) is 6.27. The van der Waals surface area contributed by atoms with Gasteiger partial charge in [0.15, 0.2) is 6.29 Å². The minimum atomic E-state index is -0.583. The summed E-state index contributed by atoms with van der Waals surface area (Å²) in [6.07, 6.45) is -0.583. The van der Waals surface area contributed by atoms with Crippen molar-refractivity contribution in [3.05, 3.63) is 40.2 Å². The molecule has 1 aromatic heterocycles. The van der Waals surface area contributed by atoms with Crippen molar-refractivity contribution >= 4 is 33.8 Å². The summed E-state index contributed by atoms with van der Waals surface area (Å²) in [4.78, 5) is 14.6. The van der Waals surface area contributed by atoms with Crippen LogP contribution in [-0.4, -0.2) is 19.2 Å². The van der Waals surface area contributed by atoms with Gasteiger partial charge in [0.1, 0.15) is 10.8 Å². The molecule has 7 heteroatoms. The number of anilines is 1. The molecule has 1 unspecified atom stereocenters. The Bertz CT molecular complexity index is 746. The fourth-order valence-electron chi connectivity index (χ4n) is 2.38. The number of thiophene rings is 1. The SMILES string of the molecule is Cc1c(-c2cccc(Cl)c2F)sc2c1C(=O)NC(N)N2C. The Morgan fingerprint density at radius 1 is 1.48 bits per heavy atom. The molecule has 2 heterocycles. The molecule has 4 nitrogen and oxygen atoms in total. The molecule has 3 N–H and O–H groups in total. The van der Waals surface area contributed by atoms with Gasteiger partial charge in [0.05, 0.1) is 10.6 Å².